The Kier molecular flexibility index (Phi) is 5.44. The van der Waals surface area contributed by atoms with Crippen molar-refractivity contribution >= 4 is 0 Å². The summed E-state index contributed by atoms with van der Waals surface area (Å²) in [7, 11) is 0. The molecule has 3 nitrogen and oxygen atoms in total. The summed E-state index contributed by atoms with van der Waals surface area (Å²) >= 11 is 0. The molecule has 5 atom stereocenters. The Morgan fingerprint density at radius 3 is 2.35 bits per heavy atom. The van der Waals surface area contributed by atoms with E-state index in [9.17, 15) is 15.3 Å². The Morgan fingerprint density at radius 2 is 1.74 bits per heavy atom. The van der Waals surface area contributed by atoms with Crippen LogP contribution in [0.1, 0.15) is 66.7 Å². The average molecular weight is 322 g/mol. The summed E-state index contributed by atoms with van der Waals surface area (Å²) in [5.74, 6) is 0.195. The zero-order valence-electron chi connectivity index (χ0n) is 15.3. The number of aliphatic hydroxyl groups excluding tert-OH is 1. The van der Waals surface area contributed by atoms with Gasteiger partial charge in [-0.05, 0) is 70.3 Å². The van der Waals surface area contributed by atoms with Crippen LogP contribution in [0.2, 0.25) is 0 Å². The predicted octanol–water partition coefficient (Wildman–Crippen LogP) is 3.59. The second kappa shape index (κ2) is 6.70. The molecule has 0 aromatic heterocycles. The highest BCUT2D eigenvalue weighted by Crippen LogP contribution is 2.46. The first-order valence-corrected chi connectivity index (χ1v) is 9.04. The van der Waals surface area contributed by atoms with E-state index in [2.05, 4.69) is 26.0 Å². The van der Waals surface area contributed by atoms with E-state index in [1.54, 1.807) is 0 Å². The van der Waals surface area contributed by atoms with Crippen molar-refractivity contribution in [2.24, 2.45) is 17.8 Å². The predicted molar refractivity (Wildman–Crippen MR) is 94.0 cm³/mol. The first-order chi connectivity index (χ1) is 10.5. The van der Waals surface area contributed by atoms with E-state index in [-0.39, 0.29) is 11.8 Å². The number of hydrogen-bond acceptors (Lipinski definition) is 3. The minimum atomic E-state index is -0.817. The fraction of sp³-hybridized carbons (Fsp3) is 0.800. The van der Waals surface area contributed by atoms with Gasteiger partial charge in [-0.25, -0.2) is 0 Å². The molecule has 0 aromatic rings. The molecule has 0 aliphatic heterocycles. The Bertz CT molecular complexity index is 485. The highest BCUT2D eigenvalue weighted by molar-refractivity contribution is 5.21. The first kappa shape index (κ1) is 18.7. The summed E-state index contributed by atoms with van der Waals surface area (Å²) in [5.41, 5.74) is 0.537. The van der Waals surface area contributed by atoms with Crippen molar-refractivity contribution < 1.29 is 15.3 Å². The molecule has 1 fully saturated rings. The van der Waals surface area contributed by atoms with Crippen LogP contribution in [0.4, 0.5) is 0 Å². The van der Waals surface area contributed by atoms with Crippen molar-refractivity contribution in [3.63, 3.8) is 0 Å². The number of aliphatic hydroxyl groups is 3. The quantitative estimate of drug-likeness (QED) is 0.647. The van der Waals surface area contributed by atoms with E-state index in [1.165, 1.54) is 5.57 Å². The maximum atomic E-state index is 11.1. The lowest BCUT2D eigenvalue weighted by Gasteiger charge is -2.40. The van der Waals surface area contributed by atoms with Crippen LogP contribution in [-0.4, -0.2) is 32.6 Å². The second-order valence-corrected chi connectivity index (χ2v) is 8.50. The molecule has 0 aromatic carbocycles. The third-order valence-corrected chi connectivity index (χ3v) is 6.10. The molecule has 1 saturated carbocycles. The van der Waals surface area contributed by atoms with Crippen LogP contribution in [0.5, 0.6) is 0 Å². The zero-order valence-corrected chi connectivity index (χ0v) is 15.3. The number of hydrogen-bond donors (Lipinski definition) is 3. The molecule has 23 heavy (non-hydrogen) atoms. The van der Waals surface area contributed by atoms with Gasteiger partial charge in [-0.1, -0.05) is 31.6 Å². The summed E-state index contributed by atoms with van der Waals surface area (Å²) in [4.78, 5) is 0. The van der Waals surface area contributed by atoms with Crippen LogP contribution in [-0.2, 0) is 0 Å². The maximum Gasteiger partial charge on any atom is 0.0784 e. The zero-order chi connectivity index (χ0) is 17.4. The van der Waals surface area contributed by atoms with Crippen LogP contribution in [0, 0.1) is 17.8 Å². The molecular weight excluding hydrogens is 288 g/mol. The minimum absolute atomic E-state index is 0.0333. The van der Waals surface area contributed by atoms with Crippen LogP contribution in [0.25, 0.3) is 0 Å². The van der Waals surface area contributed by atoms with Gasteiger partial charge in [0.1, 0.15) is 0 Å². The topological polar surface area (TPSA) is 60.7 Å². The normalized spacial score (nSPS) is 42.7. The molecule has 5 unspecified atom stereocenters. The highest BCUT2D eigenvalue weighted by atomic mass is 16.3. The summed E-state index contributed by atoms with van der Waals surface area (Å²) in [5, 5.41) is 32.6. The first-order valence-electron chi connectivity index (χ1n) is 9.04. The molecule has 3 N–H and O–H groups in total. The lowest BCUT2D eigenvalue weighted by atomic mass is 9.70. The van der Waals surface area contributed by atoms with Crippen molar-refractivity contribution in [1.82, 2.24) is 0 Å². The van der Waals surface area contributed by atoms with E-state index in [1.807, 2.05) is 20.8 Å². The Labute approximate surface area is 141 Å². The molecule has 2 aliphatic carbocycles. The molecule has 0 radical (unpaired) electrons. The lowest BCUT2D eigenvalue weighted by Crippen LogP contribution is -2.44. The second-order valence-electron chi connectivity index (χ2n) is 8.50. The van der Waals surface area contributed by atoms with Gasteiger partial charge in [-0.2, -0.15) is 0 Å². The minimum Gasteiger partial charge on any atom is -0.390 e. The lowest BCUT2D eigenvalue weighted by molar-refractivity contribution is -0.0625. The largest absolute Gasteiger partial charge is 0.390 e. The highest BCUT2D eigenvalue weighted by Gasteiger charge is 2.47. The number of fused-ring (bicyclic) bond motifs is 1. The average Bonchev–Trinajstić information content (AvgIpc) is 2.47. The molecule has 0 amide bonds. The molecule has 2 rings (SSSR count). The summed E-state index contributed by atoms with van der Waals surface area (Å²) < 4.78 is 0. The van der Waals surface area contributed by atoms with Gasteiger partial charge in [0.15, 0.2) is 0 Å². The standard InChI is InChI=1S/C20H34O3/c1-13(2)15-11-17-16(8-7-14(3)18(21)12-15)19(4,22)9-6-10-20(17,5)23/h7,11,13,16-18,21-23H,6,8-10,12H2,1-5H3. The van der Waals surface area contributed by atoms with Gasteiger partial charge in [0, 0.05) is 5.92 Å². The smallest absolute Gasteiger partial charge is 0.0784 e. The SMILES string of the molecule is CC1=CCC2C(C=C(C(C)C)CC1O)C(C)(O)CCCC2(C)O. The maximum absolute atomic E-state index is 11.1. The van der Waals surface area contributed by atoms with Crippen molar-refractivity contribution in [2.75, 3.05) is 0 Å². The molecule has 2 aliphatic rings. The molecule has 0 heterocycles. The molecule has 0 spiro atoms. The van der Waals surface area contributed by atoms with Gasteiger partial charge in [-0.3, -0.25) is 0 Å². The van der Waals surface area contributed by atoms with E-state index in [0.717, 1.165) is 12.0 Å². The molecule has 132 valence electrons. The van der Waals surface area contributed by atoms with Gasteiger partial charge in [0.05, 0.1) is 17.3 Å². The van der Waals surface area contributed by atoms with Crippen molar-refractivity contribution in [3.8, 4) is 0 Å². The van der Waals surface area contributed by atoms with E-state index in [0.29, 0.717) is 31.6 Å². The van der Waals surface area contributed by atoms with Crippen LogP contribution in [0.3, 0.4) is 0 Å². The number of allylic oxidation sites excluding steroid dienone is 1. The summed E-state index contributed by atoms with van der Waals surface area (Å²) in [6.45, 7) is 10.0. The molecular formula is C20H34O3. The van der Waals surface area contributed by atoms with Gasteiger partial charge in [0.25, 0.3) is 0 Å². The van der Waals surface area contributed by atoms with Crippen molar-refractivity contribution in [3.05, 3.63) is 23.3 Å². The van der Waals surface area contributed by atoms with E-state index >= 15 is 0 Å². The molecule has 0 bridgehead atoms. The molecule has 3 heteroatoms. The van der Waals surface area contributed by atoms with Crippen molar-refractivity contribution in [2.45, 2.75) is 84.0 Å². The Balaban J connectivity index is 2.56. The fourth-order valence-electron chi connectivity index (χ4n) is 4.23. The van der Waals surface area contributed by atoms with Crippen LogP contribution in [0.15, 0.2) is 23.3 Å². The monoisotopic (exact) mass is 322 g/mol. The van der Waals surface area contributed by atoms with Crippen molar-refractivity contribution in [1.29, 1.82) is 0 Å². The van der Waals surface area contributed by atoms with Crippen LogP contribution < -0.4 is 0 Å². The Hall–Kier alpha value is -0.640. The third-order valence-electron chi connectivity index (χ3n) is 6.10. The van der Waals surface area contributed by atoms with Gasteiger partial charge >= 0.3 is 0 Å². The third kappa shape index (κ3) is 4.07. The van der Waals surface area contributed by atoms with Gasteiger partial charge in [0.2, 0.25) is 0 Å². The van der Waals surface area contributed by atoms with E-state index in [4.69, 9.17) is 0 Å². The fourth-order valence-corrected chi connectivity index (χ4v) is 4.23. The summed E-state index contributed by atoms with van der Waals surface area (Å²) in [6, 6.07) is 0. The van der Waals surface area contributed by atoms with E-state index < -0.39 is 17.3 Å². The summed E-state index contributed by atoms with van der Waals surface area (Å²) in [6.07, 6.45) is 7.33. The number of rotatable bonds is 1. The van der Waals surface area contributed by atoms with Gasteiger partial charge in [-0.15, -0.1) is 0 Å². The Morgan fingerprint density at radius 1 is 1.13 bits per heavy atom. The van der Waals surface area contributed by atoms with Gasteiger partial charge < -0.3 is 15.3 Å². The molecule has 0 saturated heterocycles. The van der Waals surface area contributed by atoms with Crippen LogP contribution >= 0.6 is 0 Å².